The summed E-state index contributed by atoms with van der Waals surface area (Å²) >= 11 is 0. The molecular weight excluding hydrogens is 220 g/mol. The van der Waals surface area contributed by atoms with Crippen molar-refractivity contribution >= 4 is 15.8 Å². The minimum absolute atomic E-state index is 0.0702. The fraction of sp³-hybridized carbons (Fsp3) is 0.250. The first-order valence-electron chi connectivity index (χ1n) is 3.94. The Kier molecular flexibility index (Phi) is 3.38. The second kappa shape index (κ2) is 4.37. The molecule has 0 fully saturated rings. The smallest absolute Gasteiger partial charge is 0.296 e. The van der Waals surface area contributed by atoms with Gasteiger partial charge in [0.15, 0.2) is 0 Å². The quantitative estimate of drug-likeness (QED) is 0.631. The highest BCUT2D eigenvalue weighted by Crippen LogP contribution is 2.28. The first kappa shape index (κ1) is 11.6. The molecule has 7 heteroatoms. The summed E-state index contributed by atoms with van der Waals surface area (Å²) in [4.78, 5) is -0.326. The van der Waals surface area contributed by atoms with Crippen molar-refractivity contribution in [1.29, 1.82) is 0 Å². The maximum Gasteiger partial charge on any atom is 0.296 e. The van der Waals surface area contributed by atoms with Gasteiger partial charge >= 0.3 is 0 Å². The molecule has 0 saturated carbocycles. The van der Waals surface area contributed by atoms with Crippen LogP contribution in [0.15, 0.2) is 33.3 Å². The number of azo groups is 1. The van der Waals surface area contributed by atoms with Gasteiger partial charge in [-0.1, -0.05) is 0 Å². The summed E-state index contributed by atoms with van der Waals surface area (Å²) < 4.78 is 35.8. The van der Waals surface area contributed by atoms with Crippen LogP contribution in [0.1, 0.15) is 0 Å². The lowest BCUT2D eigenvalue weighted by atomic mass is 10.3. The fourth-order valence-electron chi connectivity index (χ4n) is 1.02. The third-order valence-electron chi connectivity index (χ3n) is 1.65. The average molecular weight is 230 g/mol. The van der Waals surface area contributed by atoms with Gasteiger partial charge in [-0.15, -0.1) is 0 Å². The molecule has 0 aliphatic carbocycles. The van der Waals surface area contributed by atoms with Crippen LogP contribution >= 0.6 is 0 Å². The van der Waals surface area contributed by atoms with Crippen molar-refractivity contribution in [2.75, 3.05) is 14.2 Å². The first-order valence-corrected chi connectivity index (χ1v) is 5.38. The van der Waals surface area contributed by atoms with Gasteiger partial charge in [0, 0.05) is 13.1 Å². The summed E-state index contributed by atoms with van der Waals surface area (Å²) in [7, 11) is -1.53. The summed E-state index contributed by atoms with van der Waals surface area (Å²) in [6.07, 6.45) is 0. The average Bonchev–Trinajstić information content (AvgIpc) is 2.17. The Morgan fingerprint density at radius 3 is 2.53 bits per heavy atom. The highest BCUT2D eigenvalue weighted by Gasteiger charge is 2.16. The maximum atomic E-state index is 11.0. The van der Waals surface area contributed by atoms with Crippen molar-refractivity contribution in [3.63, 3.8) is 0 Å². The van der Waals surface area contributed by atoms with Crippen LogP contribution in [0.5, 0.6) is 5.75 Å². The molecule has 0 radical (unpaired) electrons. The van der Waals surface area contributed by atoms with Gasteiger partial charge in [-0.05, 0) is 12.1 Å². The number of nitrogens with zero attached hydrogens (tertiary/aromatic N) is 2. The molecule has 0 heterocycles. The summed E-state index contributed by atoms with van der Waals surface area (Å²) in [5.41, 5.74) is 0.0702. The normalized spacial score (nSPS) is 11.9. The van der Waals surface area contributed by atoms with Crippen LogP contribution in [0.25, 0.3) is 0 Å². The van der Waals surface area contributed by atoms with Crippen LogP contribution in [0, 0.1) is 0 Å². The number of benzene rings is 1. The molecule has 1 aromatic rings. The lowest BCUT2D eigenvalue weighted by molar-refractivity contribution is 0.412. The van der Waals surface area contributed by atoms with Gasteiger partial charge in [0.1, 0.15) is 16.3 Å². The number of methoxy groups -OCH3 is 1. The fourth-order valence-corrected chi connectivity index (χ4v) is 1.66. The molecule has 0 atom stereocenters. The summed E-state index contributed by atoms with van der Waals surface area (Å²) in [6, 6.07) is 4.10. The maximum absolute atomic E-state index is 11.0. The van der Waals surface area contributed by atoms with Gasteiger partial charge in [-0.2, -0.15) is 18.6 Å². The zero-order chi connectivity index (χ0) is 11.5. The number of ether oxygens (including phenoxy) is 1. The van der Waals surface area contributed by atoms with E-state index in [1.54, 1.807) is 0 Å². The van der Waals surface area contributed by atoms with E-state index in [0.29, 0.717) is 5.75 Å². The van der Waals surface area contributed by atoms with Gasteiger partial charge < -0.3 is 4.74 Å². The molecule has 0 saturated heterocycles. The van der Waals surface area contributed by atoms with E-state index in [2.05, 4.69) is 10.2 Å². The van der Waals surface area contributed by atoms with Crippen molar-refractivity contribution < 1.29 is 17.7 Å². The molecule has 0 spiro atoms. The van der Waals surface area contributed by atoms with E-state index in [0.717, 1.165) is 0 Å². The molecule has 0 unspecified atom stereocenters. The van der Waals surface area contributed by atoms with E-state index in [-0.39, 0.29) is 10.6 Å². The van der Waals surface area contributed by atoms with Crippen molar-refractivity contribution in [1.82, 2.24) is 0 Å². The topological polar surface area (TPSA) is 88.3 Å². The molecule has 1 rings (SSSR count). The summed E-state index contributed by atoms with van der Waals surface area (Å²) in [5.74, 6) is 0.317. The molecule has 6 nitrogen and oxygen atoms in total. The largest absolute Gasteiger partial charge is 0.497 e. The van der Waals surface area contributed by atoms with Crippen LogP contribution in [0.3, 0.4) is 0 Å². The monoisotopic (exact) mass is 230 g/mol. The first-order chi connectivity index (χ1) is 6.99. The molecule has 1 N–H and O–H groups in total. The predicted octanol–water partition coefficient (Wildman–Crippen LogP) is 1.66. The number of hydrogen-bond donors (Lipinski definition) is 1. The molecular formula is C8H10N2O4S. The van der Waals surface area contributed by atoms with Crippen molar-refractivity contribution in [2.24, 2.45) is 10.2 Å². The zero-order valence-electron chi connectivity index (χ0n) is 8.21. The van der Waals surface area contributed by atoms with Gasteiger partial charge in [-0.25, -0.2) is 0 Å². The molecule has 0 aliphatic heterocycles. The minimum Gasteiger partial charge on any atom is -0.497 e. The van der Waals surface area contributed by atoms with Crippen molar-refractivity contribution in [3.05, 3.63) is 18.2 Å². The predicted molar refractivity (Wildman–Crippen MR) is 53.2 cm³/mol. The lowest BCUT2D eigenvalue weighted by Crippen LogP contribution is -1.99. The highest BCUT2D eigenvalue weighted by atomic mass is 32.2. The second-order valence-electron chi connectivity index (χ2n) is 2.61. The Morgan fingerprint density at radius 2 is 2.07 bits per heavy atom. The van der Waals surface area contributed by atoms with Gasteiger partial charge in [0.2, 0.25) is 0 Å². The standard InChI is InChI=1S/C8H10N2O4S/c1-9-10-7-4-3-6(14-2)5-8(7)15(11,12)13/h3-5H,1-2H3,(H,11,12,13). The Labute approximate surface area is 87.4 Å². The van der Waals surface area contributed by atoms with Crippen molar-refractivity contribution in [3.8, 4) is 5.75 Å². The Balaban J connectivity index is 3.42. The third-order valence-corrected chi connectivity index (χ3v) is 2.54. The van der Waals surface area contributed by atoms with Crippen LogP contribution in [-0.4, -0.2) is 27.1 Å². The second-order valence-corrected chi connectivity index (χ2v) is 4.00. The van der Waals surface area contributed by atoms with Crippen LogP contribution in [0.2, 0.25) is 0 Å². The van der Waals surface area contributed by atoms with Crippen molar-refractivity contribution in [2.45, 2.75) is 4.90 Å². The van der Waals surface area contributed by atoms with Crippen LogP contribution in [0.4, 0.5) is 5.69 Å². The number of rotatable bonds is 3. The molecule has 0 bridgehead atoms. The van der Waals surface area contributed by atoms with E-state index in [1.807, 2.05) is 0 Å². The van der Waals surface area contributed by atoms with E-state index >= 15 is 0 Å². The molecule has 82 valence electrons. The summed E-state index contributed by atoms with van der Waals surface area (Å²) in [6.45, 7) is 0. The third kappa shape index (κ3) is 2.74. The van der Waals surface area contributed by atoms with Gasteiger partial charge in [-0.3, -0.25) is 4.55 Å². The lowest BCUT2D eigenvalue weighted by Gasteiger charge is -2.04. The minimum atomic E-state index is -4.32. The zero-order valence-corrected chi connectivity index (χ0v) is 9.02. The highest BCUT2D eigenvalue weighted by molar-refractivity contribution is 7.86. The Bertz CT molecular complexity index is 481. The van der Waals surface area contributed by atoms with Crippen LogP contribution < -0.4 is 4.74 Å². The van der Waals surface area contributed by atoms with Gasteiger partial charge in [0.05, 0.1) is 7.11 Å². The molecule has 0 aliphatic rings. The summed E-state index contributed by atoms with van der Waals surface area (Å²) in [5, 5.41) is 7.02. The Hall–Kier alpha value is -1.47. The SMILES string of the molecule is CN=Nc1ccc(OC)cc1S(=O)(=O)O. The molecule has 15 heavy (non-hydrogen) atoms. The van der Waals surface area contributed by atoms with Gasteiger partial charge in [0.25, 0.3) is 10.1 Å². The van der Waals surface area contributed by atoms with E-state index in [1.165, 1.54) is 32.4 Å². The molecule has 1 aromatic carbocycles. The Morgan fingerprint density at radius 1 is 1.40 bits per heavy atom. The van der Waals surface area contributed by atoms with E-state index < -0.39 is 10.1 Å². The van der Waals surface area contributed by atoms with E-state index in [4.69, 9.17) is 9.29 Å². The number of hydrogen-bond acceptors (Lipinski definition) is 5. The molecule has 0 aromatic heterocycles. The van der Waals surface area contributed by atoms with Crippen LogP contribution in [-0.2, 0) is 10.1 Å². The van der Waals surface area contributed by atoms with E-state index in [9.17, 15) is 8.42 Å². The molecule has 0 amide bonds.